The maximum Gasteiger partial charge on any atom is 0.123 e. The first-order chi connectivity index (χ1) is 9.12. The number of ether oxygens (including phenoxy) is 2. The molecule has 19 heavy (non-hydrogen) atoms. The summed E-state index contributed by atoms with van der Waals surface area (Å²) in [7, 11) is 1.66. The average Bonchev–Trinajstić information content (AvgIpc) is 2.38. The van der Waals surface area contributed by atoms with E-state index in [2.05, 4.69) is 4.90 Å². The lowest BCUT2D eigenvalue weighted by atomic mass is 10.1. The molecule has 5 heteroatoms. The Labute approximate surface area is 118 Å². The van der Waals surface area contributed by atoms with Crippen LogP contribution in [0.5, 0.6) is 5.75 Å². The van der Waals surface area contributed by atoms with Gasteiger partial charge in [0.15, 0.2) is 0 Å². The third-order valence-corrected chi connectivity index (χ3v) is 3.48. The van der Waals surface area contributed by atoms with Gasteiger partial charge in [-0.3, -0.25) is 4.90 Å². The van der Waals surface area contributed by atoms with Gasteiger partial charge in [0.2, 0.25) is 0 Å². The van der Waals surface area contributed by atoms with Crippen LogP contribution in [-0.2, 0) is 11.3 Å². The van der Waals surface area contributed by atoms with E-state index in [1.54, 1.807) is 7.11 Å². The molecule has 1 aliphatic rings. The Morgan fingerprint density at radius 3 is 2.95 bits per heavy atom. The summed E-state index contributed by atoms with van der Waals surface area (Å²) in [6.45, 7) is 4.37. The quantitative estimate of drug-likeness (QED) is 0.918. The molecule has 0 amide bonds. The van der Waals surface area contributed by atoms with Gasteiger partial charge >= 0.3 is 0 Å². The molecule has 2 unspecified atom stereocenters. The van der Waals surface area contributed by atoms with Crippen molar-refractivity contribution in [1.82, 2.24) is 4.90 Å². The van der Waals surface area contributed by atoms with Gasteiger partial charge in [-0.05, 0) is 25.1 Å². The molecule has 0 aliphatic carbocycles. The van der Waals surface area contributed by atoms with Gasteiger partial charge in [0.05, 0.1) is 25.9 Å². The lowest BCUT2D eigenvalue weighted by Crippen LogP contribution is -2.47. The lowest BCUT2D eigenvalue weighted by molar-refractivity contribution is -0.0973. The smallest absolute Gasteiger partial charge is 0.123 e. The molecule has 0 aromatic heterocycles. The highest BCUT2D eigenvalue weighted by molar-refractivity contribution is 6.30. The summed E-state index contributed by atoms with van der Waals surface area (Å²) < 4.78 is 11.0. The summed E-state index contributed by atoms with van der Waals surface area (Å²) in [4.78, 5) is 2.25. The molecule has 4 nitrogen and oxygen atoms in total. The molecular weight excluding hydrogens is 266 g/mol. The van der Waals surface area contributed by atoms with Crippen LogP contribution in [-0.4, -0.2) is 49.0 Å². The van der Waals surface area contributed by atoms with Crippen LogP contribution < -0.4 is 4.74 Å². The van der Waals surface area contributed by atoms with Gasteiger partial charge in [0, 0.05) is 30.2 Å². The summed E-state index contributed by atoms with van der Waals surface area (Å²) >= 11 is 6.04. The fourth-order valence-corrected chi connectivity index (χ4v) is 2.68. The average molecular weight is 286 g/mol. The second-order valence-corrected chi connectivity index (χ2v) is 5.34. The largest absolute Gasteiger partial charge is 0.496 e. The summed E-state index contributed by atoms with van der Waals surface area (Å²) in [5.41, 5.74) is 1.06. The molecule has 1 N–H and O–H groups in total. The van der Waals surface area contributed by atoms with Crippen molar-refractivity contribution in [2.24, 2.45) is 0 Å². The van der Waals surface area contributed by atoms with Gasteiger partial charge in [-0.1, -0.05) is 11.6 Å². The van der Waals surface area contributed by atoms with Crippen molar-refractivity contribution in [2.45, 2.75) is 25.7 Å². The highest BCUT2D eigenvalue weighted by Gasteiger charge is 2.25. The molecule has 1 aromatic rings. The molecular formula is C14H20ClNO3. The number of hydrogen-bond acceptors (Lipinski definition) is 4. The van der Waals surface area contributed by atoms with Crippen molar-refractivity contribution in [3.63, 3.8) is 0 Å². The SMILES string of the molecule is COc1ccc(Cl)cc1CN1CC(C)OC(CO)C1. The molecule has 0 radical (unpaired) electrons. The Bertz CT molecular complexity index is 427. The summed E-state index contributed by atoms with van der Waals surface area (Å²) in [5, 5.41) is 9.94. The van der Waals surface area contributed by atoms with Crippen molar-refractivity contribution < 1.29 is 14.6 Å². The highest BCUT2D eigenvalue weighted by atomic mass is 35.5. The van der Waals surface area contributed by atoms with E-state index in [9.17, 15) is 5.11 Å². The number of benzene rings is 1. The van der Waals surface area contributed by atoms with Crippen LogP contribution in [0.15, 0.2) is 18.2 Å². The molecule has 0 saturated carbocycles. The van der Waals surface area contributed by atoms with E-state index in [1.165, 1.54) is 0 Å². The Hall–Kier alpha value is -0.810. The van der Waals surface area contributed by atoms with E-state index in [1.807, 2.05) is 25.1 Å². The van der Waals surface area contributed by atoms with E-state index in [4.69, 9.17) is 21.1 Å². The zero-order valence-corrected chi connectivity index (χ0v) is 12.1. The lowest BCUT2D eigenvalue weighted by Gasteiger charge is -2.36. The number of aliphatic hydroxyl groups excluding tert-OH is 1. The van der Waals surface area contributed by atoms with Crippen molar-refractivity contribution in [1.29, 1.82) is 0 Å². The monoisotopic (exact) mass is 285 g/mol. The molecule has 2 atom stereocenters. The molecule has 2 rings (SSSR count). The van der Waals surface area contributed by atoms with E-state index >= 15 is 0 Å². The van der Waals surface area contributed by atoms with E-state index in [-0.39, 0.29) is 18.8 Å². The van der Waals surface area contributed by atoms with Crippen LogP contribution in [0.1, 0.15) is 12.5 Å². The summed E-state index contributed by atoms with van der Waals surface area (Å²) in [6.07, 6.45) is 0.00464. The van der Waals surface area contributed by atoms with Crippen LogP contribution in [0.25, 0.3) is 0 Å². The third-order valence-electron chi connectivity index (χ3n) is 3.24. The number of nitrogens with zero attached hydrogens (tertiary/aromatic N) is 1. The van der Waals surface area contributed by atoms with Gasteiger partial charge in [-0.25, -0.2) is 0 Å². The fraction of sp³-hybridized carbons (Fsp3) is 0.571. The summed E-state index contributed by atoms with van der Waals surface area (Å²) in [5.74, 6) is 0.837. The minimum absolute atomic E-state index is 0.0491. The molecule has 1 heterocycles. The number of hydrogen-bond donors (Lipinski definition) is 1. The number of morpholine rings is 1. The molecule has 1 fully saturated rings. The number of halogens is 1. The van der Waals surface area contributed by atoms with Crippen molar-refractivity contribution in [3.05, 3.63) is 28.8 Å². The molecule has 0 bridgehead atoms. The van der Waals surface area contributed by atoms with Crippen molar-refractivity contribution >= 4 is 11.6 Å². The first-order valence-corrected chi connectivity index (χ1v) is 6.81. The van der Waals surface area contributed by atoms with Crippen LogP contribution in [0.3, 0.4) is 0 Å². The van der Waals surface area contributed by atoms with Gasteiger partial charge < -0.3 is 14.6 Å². The van der Waals surface area contributed by atoms with Crippen LogP contribution in [0, 0.1) is 0 Å². The van der Waals surface area contributed by atoms with Crippen molar-refractivity contribution in [3.8, 4) is 5.75 Å². The van der Waals surface area contributed by atoms with Crippen molar-refractivity contribution in [2.75, 3.05) is 26.8 Å². The first kappa shape index (κ1) is 14.6. The number of aliphatic hydroxyl groups is 1. The highest BCUT2D eigenvalue weighted by Crippen LogP contribution is 2.25. The predicted molar refractivity (Wildman–Crippen MR) is 74.7 cm³/mol. The Morgan fingerprint density at radius 1 is 1.47 bits per heavy atom. The van der Waals surface area contributed by atoms with Crippen LogP contribution in [0.2, 0.25) is 5.02 Å². The van der Waals surface area contributed by atoms with E-state index < -0.39 is 0 Å². The first-order valence-electron chi connectivity index (χ1n) is 6.43. The van der Waals surface area contributed by atoms with Crippen LogP contribution >= 0.6 is 11.6 Å². The maximum atomic E-state index is 9.24. The predicted octanol–water partition coefficient (Wildman–Crippen LogP) is 1.93. The molecule has 0 spiro atoms. The third kappa shape index (κ3) is 3.83. The minimum Gasteiger partial charge on any atom is -0.496 e. The Balaban J connectivity index is 2.09. The van der Waals surface area contributed by atoms with Gasteiger partial charge in [0.25, 0.3) is 0 Å². The second-order valence-electron chi connectivity index (χ2n) is 4.90. The standard InChI is InChI=1S/C14H20ClNO3/c1-10-6-16(8-13(9-17)19-10)7-11-5-12(15)3-4-14(11)18-2/h3-5,10,13,17H,6-9H2,1-2H3. The van der Waals surface area contributed by atoms with Gasteiger partial charge in [0.1, 0.15) is 5.75 Å². The second kappa shape index (κ2) is 6.57. The molecule has 106 valence electrons. The Kier molecular flexibility index (Phi) is 5.05. The number of rotatable bonds is 4. The summed E-state index contributed by atoms with van der Waals surface area (Å²) in [6, 6.07) is 5.63. The zero-order chi connectivity index (χ0) is 13.8. The molecule has 1 aromatic carbocycles. The van der Waals surface area contributed by atoms with Gasteiger partial charge in [-0.2, -0.15) is 0 Å². The van der Waals surface area contributed by atoms with E-state index in [0.29, 0.717) is 5.02 Å². The normalized spacial score (nSPS) is 24.4. The topological polar surface area (TPSA) is 41.9 Å². The van der Waals surface area contributed by atoms with Gasteiger partial charge in [-0.15, -0.1) is 0 Å². The van der Waals surface area contributed by atoms with E-state index in [0.717, 1.165) is 30.9 Å². The minimum atomic E-state index is -0.117. The maximum absolute atomic E-state index is 9.24. The Morgan fingerprint density at radius 2 is 2.26 bits per heavy atom. The zero-order valence-electron chi connectivity index (χ0n) is 11.3. The fourth-order valence-electron chi connectivity index (χ4n) is 2.48. The van der Waals surface area contributed by atoms with Crippen LogP contribution in [0.4, 0.5) is 0 Å². The number of methoxy groups -OCH3 is 1. The molecule has 1 saturated heterocycles. The molecule has 1 aliphatic heterocycles.